The van der Waals surface area contributed by atoms with E-state index in [2.05, 4.69) is 9.97 Å². The summed E-state index contributed by atoms with van der Waals surface area (Å²) < 4.78 is 31.8. The van der Waals surface area contributed by atoms with E-state index in [4.69, 9.17) is 4.74 Å². The predicted octanol–water partition coefficient (Wildman–Crippen LogP) is 3.29. The van der Waals surface area contributed by atoms with Crippen LogP contribution in [0.4, 0.5) is 8.78 Å². The van der Waals surface area contributed by atoms with E-state index in [0.29, 0.717) is 17.8 Å². The summed E-state index contributed by atoms with van der Waals surface area (Å²) in [7, 11) is 0. The third-order valence-electron chi connectivity index (χ3n) is 3.04. The lowest BCUT2D eigenvalue weighted by Gasteiger charge is -2.11. The average Bonchev–Trinajstić information content (AvgIpc) is 2.85. The van der Waals surface area contributed by atoms with Gasteiger partial charge < -0.3 is 9.72 Å². The number of benzene rings is 1. The van der Waals surface area contributed by atoms with Gasteiger partial charge in [-0.05, 0) is 25.5 Å². The van der Waals surface area contributed by atoms with Crippen LogP contribution < -0.4 is 0 Å². The number of esters is 1. The number of aromatic nitrogens is 2. The molecule has 1 heterocycles. The van der Waals surface area contributed by atoms with Gasteiger partial charge in [0.15, 0.2) is 11.6 Å². The van der Waals surface area contributed by atoms with Crippen LogP contribution in [0, 0.1) is 11.6 Å². The van der Waals surface area contributed by atoms with Gasteiger partial charge >= 0.3 is 5.97 Å². The van der Waals surface area contributed by atoms with Crippen LogP contribution in [-0.2, 0) is 9.53 Å². The monoisotopic (exact) mass is 282 g/mol. The summed E-state index contributed by atoms with van der Waals surface area (Å²) >= 11 is 0. The van der Waals surface area contributed by atoms with Gasteiger partial charge in [0.25, 0.3) is 0 Å². The molecule has 20 heavy (non-hydrogen) atoms. The fourth-order valence-corrected chi connectivity index (χ4v) is 2.10. The molecular weight excluding hydrogens is 266 g/mol. The Labute approximate surface area is 115 Å². The topological polar surface area (TPSA) is 55.0 Å². The number of nitrogens with one attached hydrogen (secondary N) is 1. The van der Waals surface area contributed by atoms with Gasteiger partial charge in [-0.3, -0.25) is 4.79 Å². The Kier molecular flexibility index (Phi) is 4.32. The molecule has 0 aliphatic carbocycles. The lowest BCUT2D eigenvalue weighted by molar-refractivity contribution is -0.145. The molecule has 1 unspecified atom stereocenters. The number of aromatic amines is 1. The number of carbonyl (C=O) groups is 1. The molecule has 108 valence electrons. The summed E-state index contributed by atoms with van der Waals surface area (Å²) in [5.41, 5.74) is 0.273. The van der Waals surface area contributed by atoms with Crippen LogP contribution in [-0.4, -0.2) is 22.5 Å². The lowest BCUT2D eigenvalue weighted by Crippen LogP contribution is -2.17. The van der Waals surface area contributed by atoms with Crippen LogP contribution in [0.2, 0.25) is 0 Å². The zero-order valence-electron chi connectivity index (χ0n) is 11.4. The number of ether oxygens (including phenoxy) is 1. The Balaban J connectivity index is 2.43. The summed E-state index contributed by atoms with van der Waals surface area (Å²) in [6.45, 7) is 3.91. The van der Waals surface area contributed by atoms with Gasteiger partial charge in [0.05, 0.1) is 12.1 Å². The second-order valence-electron chi connectivity index (χ2n) is 4.47. The zero-order valence-corrected chi connectivity index (χ0v) is 11.4. The second kappa shape index (κ2) is 5.98. The van der Waals surface area contributed by atoms with Crippen LogP contribution in [0.3, 0.4) is 0 Å². The van der Waals surface area contributed by atoms with Crippen LogP contribution in [0.25, 0.3) is 11.0 Å². The molecule has 0 radical (unpaired) electrons. The molecule has 0 amide bonds. The molecule has 4 nitrogen and oxygen atoms in total. The molecule has 0 bridgehead atoms. The van der Waals surface area contributed by atoms with E-state index in [1.165, 1.54) is 6.07 Å². The Hall–Kier alpha value is -1.98. The maximum absolute atomic E-state index is 13.6. The third-order valence-corrected chi connectivity index (χ3v) is 3.04. The number of nitrogens with zero attached hydrogens (tertiary/aromatic N) is 1. The van der Waals surface area contributed by atoms with Crippen LogP contribution in [0.5, 0.6) is 0 Å². The Bertz CT molecular complexity index is 625. The first kappa shape index (κ1) is 14.4. The van der Waals surface area contributed by atoms with Crippen LogP contribution in [0.1, 0.15) is 38.4 Å². The minimum Gasteiger partial charge on any atom is -0.465 e. The van der Waals surface area contributed by atoms with E-state index in [9.17, 15) is 13.6 Å². The predicted molar refractivity (Wildman–Crippen MR) is 70.3 cm³/mol. The van der Waals surface area contributed by atoms with E-state index in [1.54, 1.807) is 6.92 Å². The van der Waals surface area contributed by atoms with Crippen molar-refractivity contribution in [2.75, 3.05) is 6.61 Å². The molecule has 1 atom stereocenters. The number of carbonyl (C=O) groups excluding carboxylic acids is 1. The second-order valence-corrected chi connectivity index (χ2v) is 4.47. The van der Waals surface area contributed by atoms with Crippen molar-refractivity contribution in [1.29, 1.82) is 0 Å². The fraction of sp³-hybridized carbons (Fsp3) is 0.429. The smallest absolute Gasteiger partial charge is 0.316 e. The average molecular weight is 282 g/mol. The fourth-order valence-electron chi connectivity index (χ4n) is 2.10. The first-order valence-corrected chi connectivity index (χ1v) is 6.58. The zero-order chi connectivity index (χ0) is 14.7. The normalized spacial score (nSPS) is 12.6. The van der Waals surface area contributed by atoms with Crippen molar-refractivity contribution in [2.45, 2.75) is 32.6 Å². The molecule has 1 aromatic heterocycles. The van der Waals surface area contributed by atoms with E-state index in [-0.39, 0.29) is 12.1 Å². The molecule has 6 heteroatoms. The minimum absolute atomic E-state index is 0.0922. The van der Waals surface area contributed by atoms with E-state index >= 15 is 0 Å². The van der Waals surface area contributed by atoms with Crippen molar-refractivity contribution < 1.29 is 18.3 Å². The van der Waals surface area contributed by atoms with Crippen molar-refractivity contribution in [1.82, 2.24) is 9.97 Å². The SMILES string of the molecule is CCCC(C(=O)OCC)c1nc2c(F)c(F)ccc2[nH]1. The number of imidazole rings is 1. The van der Waals surface area contributed by atoms with Crippen molar-refractivity contribution in [3.8, 4) is 0 Å². The molecule has 1 N–H and O–H groups in total. The molecule has 2 aromatic rings. The van der Waals surface area contributed by atoms with Gasteiger partial charge in [-0.1, -0.05) is 13.3 Å². The highest BCUT2D eigenvalue weighted by Gasteiger charge is 2.25. The molecule has 0 spiro atoms. The highest BCUT2D eigenvalue weighted by atomic mass is 19.2. The van der Waals surface area contributed by atoms with E-state index in [0.717, 1.165) is 12.5 Å². The summed E-state index contributed by atoms with van der Waals surface area (Å²) in [6, 6.07) is 2.43. The van der Waals surface area contributed by atoms with Crippen LogP contribution >= 0.6 is 0 Å². The Morgan fingerprint density at radius 1 is 1.40 bits per heavy atom. The third kappa shape index (κ3) is 2.64. The van der Waals surface area contributed by atoms with Crippen molar-refractivity contribution in [2.24, 2.45) is 0 Å². The molecule has 0 aliphatic rings. The van der Waals surface area contributed by atoms with Crippen molar-refractivity contribution >= 4 is 17.0 Å². The maximum Gasteiger partial charge on any atom is 0.316 e. The van der Waals surface area contributed by atoms with Gasteiger partial charge in [0.2, 0.25) is 0 Å². The van der Waals surface area contributed by atoms with E-state index < -0.39 is 23.5 Å². The Morgan fingerprint density at radius 2 is 2.15 bits per heavy atom. The standard InChI is InChI=1S/C14H16F2N2O2/c1-3-5-8(14(19)20-4-2)13-17-10-7-6-9(15)11(16)12(10)18-13/h6-8H,3-5H2,1-2H3,(H,17,18). The van der Waals surface area contributed by atoms with Gasteiger partial charge in [0, 0.05) is 0 Å². The molecular formula is C14H16F2N2O2. The highest BCUT2D eigenvalue weighted by Crippen LogP contribution is 2.25. The maximum atomic E-state index is 13.6. The Morgan fingerprint density at radius 3 is 2.80 bits per heavy atom. The van der Waals surface area contributed by atoms with Gasteiger partial charge in [-0.2, -0.15) is 0 Å². The number of H-pyrrole nitrogens is 1. The molecule has 0 saturated carbocycles. The van der Waals surface area contributed by atoms with Gasteiger partial charge in [-0.25, -0.2) is 13.8 Å². The van der Waals surface area contributed by atoms with Gasteiger partial charge in [-0.15, -0.1) is 0 Å². The highest BCUT2D eigenvalue weighted by molar-refractivity contribution is 5.81. The number of fused-ring (bicyclic) bond motifs is 1. The molecule has 2 rings (SSSR count). The summed E-state index contributed by atoms with van der Waals surface area (Å²) in [6.07, 6.45) is 1.28. The number of hydrogen-bond acceptors (Lipinski definition) is 3. The largest absolute Gasteiger partial charge is 0.465 e. The van der Waals surface area contributed by atoms with Crippen molar-refractivity contribution in [3.63, 3.8) is 0 Å². The first-order chi connectivity index (χ1) is 9.58. The molecule has 1 aromatic carbocycles. The summed E-state index contributed by atoms with van der Waals surface area (Å²) in [5, 5.41) is 0. The summed E-state index contributed by atoms with van der Waals surface area (Å²) in [5.74, 6) is -2.66. The van der Waals surface area contributed by atoms with Crippen LogP contribution in [0.15, 0.2) is 12.1 Å². The quantitative estimate of drug-likeness (QED) is 0.856. The van der Waals surface area contributed by atoms with Gasteiger partial charge in [0.1, 0.15) is 17.3 Å². The number of halogens is 2. The minimum atomic E-state index is -1.01. The molecule has 0 fully saturated rings. The van der Waals surface area contributed by atoms with E-state index in [1.807, 2.05) is 6.92 Å². The number of rotatable bonds is 5. The molecule has 0 aliphatic heterocycles. The first-order valence-electron chi connectivity index (χ1n) is 6.58. The van der Waals surface area contributed by atoms with Crippen molar-refractivity contribution in [3.05, 3.63) is 29.6 Å². The lowest BCUT2D eigenvalue weighted by atomic mass is 10.0. The number of hydrogen-bond donors (Lipinski definition) is 1. The molecule has 0 saturated heterocycles. The summed E-state index contributed by atoms with van der Waals surface area (Å²) in [4.78, 5) is 18.8.